The first kappa shape index (κ1) is 11.3. The van der Waals surface area contributed by atoms with Gasteiger partial charge in [0.1, 0.15) is 17.2 Å². The molecule has 0 amide bonds. The van der Waals surface area contributed by atoms with Gasteiger partial charge in [0.25, 0.3) is 0 Å². The number of aryl methyl sites for hydroxylation is 1. The Kier molecular flexibility index (Phi) is 2.59. The van der Waals surface area contributed by atoms with E-state index in [0.29, 0.717) is 5.82 Å². The van der Waals surface area contributed by atoms with Gasteiger partial charge in [-0.1, -0.05) is 24.3 Å². The highest BCUT2D eigenvalue weighted by Crippen LogP contribution is 2.29. The van der Waals surface area contributed by atoms with E-state index in [1.807, 2.05) is 40.9 Å². The van der Waals surface area contributed by atoms with E-state index in [9.17, 15) is 0 Å². The third-order valence-corrected chi connectivity index (χ3v) is 3.49. The number of pyridine rings is 1. The fourth-order valence-electron chi connectivity index (χ4n) is 2.07. The summed E-state index contributed by atoms with van der Waals surface area (Å²) in [5.41, 5.74) is 10.1. The molecule has 0 radical (unpaired) electrons. The predicted molar refractivity (Wildman–Crippen MR) is 77.5 cm³/mol. The largest absolute Gasteiger partial charge is 0.383 e. The molecule has 0 bridgehead atoms. The van der Waals surface area contributed by atoms with Crippen LogP contribution in [0.3, 0.4) is 0 Å². The lowest BCUT2D eigenvalue weighted by atomic mass is 10.1. The molecule has 2 N–H and O–H groups in total. The standard InChI is InChI=1S/C14H12BrN3/c1-9-4-2-3-5-11(9)13-14(16)18-8-10(15)6-7-12(18)17-13/h2-8H,16H2,1H3. The Hall–Kier alpha value is -1.81. The highest BCUT2D eigenvalue weighted by Gasteiger charge is 2.12. The van der Waals surface area contributed by atoms with E-state index in [4.69, 9.17) is 5.73 Å². The van der Waals surface area contributed by atoms with Crippen molar-refractivity contribution in [2.45, 2.75) is 6.92 Å². The van der Waals surface area contributed by atoms with Gasteiger partial charge in [0, 0.05) is 16.2 Å². The van der Waals surface area contributed by atoms with E-state index in [1.54, 1.807) is 0 Å². The van der Waals surface area contributed by atoms with Crippen LogP contribution in [-0.2, 0) is 0 Å². The highest BCUT2D eigenvalue weighted by molar-refractivity contribution is 9.10. The molecular formula is C14H12BrN3. The van der Waals surface area contributed by atoms with Crippen molar-refractivity contribution in [3.63, 3.8) is 0 Å². The molecule has 2 aromatic heterocycles. The summed E-state index contributed by atoms with van der Waals surface area (Å²) in [4.78, 5) is 4.60. The number of hydrogen-bond acceptors (Lipinski definition) is 2. The Labute approximate surface area is 113 Å². The second-order valence-corrected chi connectivity index (χ2v) is 5.15. The van der Waals surface area contributed by atoms with Crippen molar-refractivity contribution in [1.29, 1.82) is 0 Å². The van der Waals surface area contributed by atoms with Crippen LogP contribution in [0.1, 0.15) is 5.56 Å². The van der Waals surface area contributed by atoms with Crippen LogP contribution in [0.2, 0.25) is 0 Å². The number of nitrogens with two attached hydrogens (primary N) is 1. The highest BCUT2D eigenvalue weighted by atomic mass is 79.9. The van der Waals surface area contributed by atoms with Gasteiger partial charge >= 0.3 is 0 Å². The van der Waals surface area contributed by atoms with Crippen LogP contribution < -0.4 is 5.73 Å². The molecule has 0 saturated heterocycles. The lowest BCUT2D eigenvalue weighted by Gasteiger charge is -2.03. The van der Waals surface area contributed by atoms with Crippen LogP contribution >= 0.6 is 15.9 Å². The number of aromatic nitrogens is 2. The topological polar surface area (TPSA) is 43.3 Å². The summed E-state index contributed by atoms with van der Waals surface area (Å²) in [6, 6.07) is 12.0. The summed E-state index contributed by atoms with van der Waals surface area (Å²) in [5.74, 6) is 0.667. The average molecular weight is 302 g/mol. The van der Waals surface area contributed by atoms with Gasteiger partial charge in [0.05, 0.1) is 0 Å². The number of fused-ring (bicyclic) bond motifs is 1. The molecule has 0 spiro atoms. The average Bonchev–Trinajstić information content (AvgIpc) is 2.68. The van der Waals surface area contributed by atoms with Gasteiger partial charge in [0.15, 0.2) is 0 Å². The molecule has 0 atom stereocenters. The second kappa shape index (κ2) is 4.14. The summed E-state index contributed by atoms with van der Waals surface area (Å²) in [6.45, 7) is 2.06. The zero-order valence-corrected chi connectivity index (χ0v) is 11.5. The first-order chi connectivity index (χ1) is 8.66. The molecule has 90 valence electrons. The quantitative estimate of drug-likeness (QED) is 0.745. The molecule has 1 aromatic carbocycles. The zero-order valence-electron chi connectivity index (χ0n) is 9.89. The molecule has 3 aromatic rings. The zero-order chi connectivity index (χ0) is 12.7. The number of nitrogen functional groups attached to an aromatic ring is 1. The number of halogens is 1. The van der Waals surface area contributed by atoms with E-state index >= 15 is 0 Å². The minimum atomic E-state index is 0.667. The Morgan fingerprint density at radius 3 is 2.72 bits per heavy atom. The number of rotatable bonds is 1. The number of anilines is 1. The molecule has 0 unspecified atom stereocenters. The van der Waals surface area contributed by atoms with Crippen LogP contribution in [0.15, 0.2) is 47.1 Å². The second-order valence-electron chi connectivity index (χ2n) is 4.24. The predicted octanol–water partition coefficient (Wildman–Crippen LogP) is 3.65. The molecule has 0 saturated carbocycles. The summed E-state index contributed by atoms with van der Waals surface area (Å²) in [5, 5.41) is 0. The van der Waals surface area contributed by atoms with Gasteiger partial charge in [0.2, 0.25) is 0 Å². The fraction of sp³-hybridized carbons (Fsp3) is 0.0714. The van der Waals surface area contributed by atoms with Crippen LogP contribution in [0.5, 0.6) is 0 Å². The van der Waals surface area contributed by atoms with Crippen molar-refractivity contribution in [1.82, 2.24) is 9.38 Å². The molecular weight excluding hydrogens is 290 g/mol. The molecule has 18 heavy (non-hydrogen) atoms. The molecule has 3 nitrogen and oxygen atoms in total. The van der Waals surface area contributed by atoms with E-state index in [1.165, 1.54) is 5.56 Å². The van der Waals surface area contributed by atoms with Crippen molar-refractivity contribution < 1.29 is 0 Å². The Morgan fingerprint density at radius 2 is 1.94 bits per heavy atom. The Balaban J connectivity index is 2.31. The number of benzene rings is 1. The van der Waals surface area contributed by atoms with Crippen molar-refractivity contribution in [3.05, 3.63) is 52.6 Å². The summed E-state index contributed by atoms with van der Waals surface area (Å²) in [6.07, 6.45) is 1.93. The van der Waals surface area contributed by atoms with Crippen LogP contribution in [-0.4, -0.2) is 9.38 Å². The first-order valence-corrected chi connectivity index (χ1v) is 6.45. The maximum Gasteiger partial charge on any atom is 0.139 e. The van der Waals surface area contributed by atoms with E-state index in [-0.39, 0.29) is 0 Å². The van der Waals surface area contributed by atoms with Gasteiger partial charge in [-0.15, -0.1) is 0 Å². The molecule has 0 aliphatic heterocycles. The minimum absolute atomic E-state index is 0.667. The maximum atomic E-state index is 6.19. The van der Waals surface area contributed by atoms with E-state index in [2.05, 4.69) is 33.9 Å². The van der Waals surface area contributed by atoms with Gasteiger partial charge in [-0.25, -0.2) is 4.98 Å². The number of imidazole rings is 1. The third-order valence-electron chi connectivity index (χ3n) is 3.02. The van der Waals surface area contributed by atoms with Crippen molar-refractivity contribution in [2.24, 2.45) is 0 Å². The summed E-state index contributed by atoms with van der Waals surface area (Å²) in [7, 11) is 0. The van der Waals surface area contributed by atoms with Crippen LogP contribution in [0, 0.1) is 6.92 Å². The molecule has 3 rings (SSSR count). The van der Waals surface area contributed by atoms with Gasteiger partial charge in [-0.05, 0) is 40.5 Å². The Morgan fingerprint density at radius 1 is 1.17 bits per heavy atom. The minimum Gasteiger partial charge on any atom is -0.383 e. The Bertz CT molecular complexity index is 731. The fourth-order valence-corrected chi connectivity index (χ4v) is 2.41. The SMILES string of the molecule is Cc1ccccc1-c1nc2ccc(Br)cn2c1N. The maximum absolute atomic E-state index is 6.19. The monoisotopic (exact) mass is 301 g/mol. The molecule has 4 heteroatoms. The smallest absolute Gasteiger partial charge is 0.139 e. The van der Waals surface area contributed by atoms with Crippen LogP contribution in [0.4, 0.5) is 5.82 Å². The van der Waals surface area contributed by atoms with Gasteiger partial charge in [-0.2, -0.15) is 0 Å². The number of nitrogens with zero attached hydrogens (tertiary/aromatic N) is 2. The molecule has 0 aliphatic rings. The molecule has 0 aliphatic carbocycles. The van der Waals surface area contributed by atoms with E-state index in [0.717, 1.165) is 21.4 Å². The van der Waals surface area contributed by atoms with Crippen molar-refractivity contribution >= 4 is 27.4 Å². The summed E-state index contributed by atoms with van der Waals surface area (Å²) < 4.78 is 2.88. The molecule has 0 fully saturated rings. The normalized spacial score (nSPS) is 11.0. The van der Waals surface area contributed by atoms with Crippen LogP contribution in [0.25, 0.3) is 16.9 Å². The van der Waals surface area contributed by atoms with Crippen molar-refractivity contribution in [2.75, 3.05) is 5.73 Å². The van der Waals surface area contributed by atoms with Gasteiger partial charge in [-0.3, -0.25) is 4.40 Å². The van der Waals surface area contributed by atoms with Crippen molar-refractivity contribution in [3.8, 4) is 11.3 Å². The van der Waals surface area contributed by atoms with Gasteiger partial charge < -0.3 is 5.73 Å². The third kappa shape index (κ3) is 1.69. The number of hydrogen-bond donors (Lipinski definition) is 1. The lowest BCUT2D eigenvalue weighted by molar-refractivity contribution is 1.18. The van der Waals surface area contributed by atoms with E-state index < -0.39 is 0 Å². The molecule has 2 heterocycles. The lowest BCUT2D eigenvalue weighted by Crippen LogP contribution is -1.94. The first-order valence-electron chi connectivity index (χ1n) is 5.66. The summed E-state index contributed by atoms with van der Waals surface area (Å²) >= 11 is 3.44.